The molecule has 3 rings (SSSR count). The highest BCUT2D eigenvalue weighted by Gasteiger charge is 2.22. The minimum absolute atomic E-state index is 0.289. The zero-order valence-electron chi connectivity index (χ0n) is 15.2. The van der Waals surface area contributed by atoms with E-state index in [4.69, 9.17) is 14.3 Å². The number of esters is 1. The van der Waals surface area contributed by atoms with E-state index in [1.165, 1.54) is 4.90 Å². The van der Waals surface area contributed by atoms with E-state index in [2.05, 4.69) is 0 Å². The number of nitrogens with two attached hydrogens (primary N) is 1. The summed E-state index contributed by atoms with van der Waals surface area (Å²) in [6, 6.07) is 20.5. The van der Waals surface area contributed by atoms with Crippen LogP contribution in [0.3, 0.4) is 0 Å². The van der Waals surface area contributed by atoms with Gasteiger partial charge in [-0.1, -0.05) is 48.5 Å². The Kier molecular flexibility index (Phi) is 6.10. The van der Waals surface area contributed by atoms with Crippen LogP contribution < -0.4 is 10.0 Å². The molecule has 0 fully saturated rings. The summed E-state index contributed by atoms with van der Waals surface area (Å²) in [7, 11) is -4.08. The highest BCUT2D eigenvalue weighted by Crippen LogP contribution is 2.18. The van der Waals surface area contributed by atoms with E-state index in [1.54, 1.807) is 24.3 Å². The number of para-hydroxylation sites is 1. The SMILES string of the molecule is NS(=O)(=O)c1ccc(C(=O)OCC(=O)N(Cc2ccccc2)c2ccccc2)o1. The minimum Gasteiger partial charge on any atom is -0.450 e. The first-order chi connectivity index (χ1) is 13.8. The molecule has 0 atom stereocenters. The molecule has 0 aliphatic carbocycles. The van der Waals surface area contributed by atoms with Crippen molar-refractivity contribution in [1.29, 1.82) is 0 Å². The van der Waals surface area contributed by atoms with E-state index in [0.717, 1.165) is 17.7 Å². The maximum atomic E-state index is 12.8. The number of nitrogens with zero attached hydrogens (tertiary/aromatic N) is 1. The summed E-state index contributed by atoms with van der Waals surface area (Å²) in [4.78, 5) is 26.3. The van der Waals surface area contributed by atoms with Gasteiger partial charge < -0.3 is 14.1 Å². The zero-order chi connectivity index (χ0) is 20.9. The largest absolute Gasteiger partial charge is 0.450 e. The fourth-order valence-corrected chi connectivity index (χ4v) is 3.02. The molecule has 0 radical (unpaired) electrons. The number of carbonyl (C=O) groups is 2. The second-order valence-corrected chi connectivity index (χ2v) is 7.53. The van der Waals surface area contributed by atoms with Crippen LogP contribution in [0.4, 0.5) is 5.69 Å². The minimum atomic E-state index is -4.08. The van der Waals surface area contributed by atoms with Gasteiger partial charge >= 0.3 is 5.97 Å². The van der Waals surface area contributed by atoms with Gasteiger partial charge in [0.15, 0.2) is 6.61 Å². The Hall–Kier alpha value is -3.43. The normalized spacial score (nSPS) is 11.1. The van der Waals surface area contributed by atoms with Crippen molar-refractivity contribution in [3.05, 3.63) is 84.1 Å². The topological polar surface area (TPSA) is 120 Å². The Labute approximate surface area is 167 Å². The maximum absolute atomic E-state index is 12.8. The monoisotopic (exact) mass is 414 g/mol. The molecular formula is C20H18N2O6S. The second-order valence-electron chi connectivity index (χ2n) is 6.04. The third kappa shape index (κ3) is 5.31. The molecule has 0 saturated heterocycles. The molecule has 2 aromatic carbocycles. The molecule has 0 aliphatic heterocycles. The molecule has 0 aliphatic rings. The Morgan fingerprint density at radius 3 is 2.14 bits per heavy atom. The number of furan rings is 1. The van der Waals surface area contributed by atoms with Gasteiger partial charge in [-0.3, -0.25) is 4.79 Å². The van der Waals surface area contributed by atoms with Crippen molar-refractivity contribution in [2.75, 3.05) is 11.5 Å². The number of benzene rings is 2. The highest BCUT2D eigenvalue weighted by atomic mass is 32.2. The number of primary sulfonamides is 1. The standard InChI is InChI=1S/C20H18N2O6S/c21-29(25,26)19-12-11-17(28-19)20(24)27-14-18(23)22(16-9-5-2-6-10-16)13-15-7-3-1-4-8-15/h1-12H,13-14H2,(H2,21,25,26). The number of carbonyl (C=O) groups excluding carboxylic acids is 2. The predicted molar refractivity (Wildman–Crippen MR) is 104 cm³/mol. The van der Waals surface area contributed by atoms with E-state index in [9.17, 15) is 18.0 Å². The molecule has 3 aromatic rings. The summed E-state index contributed by atoms with van der Waals surface area (Å²) in [5.74, 6) is -1.79. The van der Waals surface area contributed by atoms with Gasteiger partial charge in [-0.15, -0.1) is 0 Å². The van der Waals surface area contributed by atoms with Crippen LogP contribution in [0.1, 0.15) is 16.1 Å². The second kappa shape index (κ2) is 8.72. The lowest BCUT2D eigenvalue weighted by atomic mass is 10.2. The number of anilines is 1. The van der Waals surface area contributed by atoms with Gasteiger partial charge in [-0.25, -0.2) is 18.4 Å². The van der Waals surface area contributed by atoms with E-state index in [1.807, 2.05) is 36.4 Å². The molecule has 0 unspecified atom stereocenters. The molecule has 8 nitrogen and oxygen atoms in total. The number of hydrogen-bond acceptors (Lipinski definition) is 6. The molecule has 0 bridgehead atoms. The van der Waals surface area contributed by atoms with Crippen LogP contribution in [-0.2, 0) is 26.1 Å². The van der Waals surface area contributed by atoms with Crippen molar-refractivity contribution in [3.63, 3.8) is 0 Å². The molecule has 29 heavy (non-hydrogen) atoms. The Morgan fingerprint density at radius 1 is 0.931 bits per heavy atom. The number of ether oxygens (including phenoxy) is 1. The lowest BCUT2D eigenvalue weighted by molar-refractivity contribution is -0.121. The zero-order valence-corrected chi connectivity index (χ0v) is 16.0. The molecule has 150 valence electrons. The number of hydrogen-bond donors (Lipinski definition) is 1. The first-order valence-electron chi connectivity index (χ1n) is 8.54. The van der Waals surface area contributed by atoms with Crippen molar-refractivity contribution in [2.24, 2.45) is 5.14 Å². The van der Waals surface area contributed by atoms with Crippen LogP contribution in [0.25, 0.3) is 0 Å². The van der Waals surface area contributed by atoms with Crippen molar-refractivity contribution in [3.8, 4) is 0 Å². The lowest BCUT2D eigenvalue weighted by Crippen LogP contribution is -2.34. The molecule has 2 N–H and O–H groups in total. The van der Waals surface area contributed by atoms with Crippen molar-refractivity contribution in [2.45, 2.75) is 11.6 Å². The predicted octanol–water partition coefficient (Wildman–Crippen LogP) is 2.32. The van der Waals surface area contributed by atoms with Gasteiger partial charge in [-0.2, -0.15) is 0 Å². The van der Waals surface area contributed by atoms with Crippen LogP contribution in [0, 0.1) is 0 Å². The van der Waals surface area contributed by atoms with Crippen molar-refractivity contribution >= 4 is 27.6 Å². The lowest BCUT2D eigenvalue weighted by Gasteiger charge is -2.22. The van der Waals surface area contributed by atoms with Gasteiger partial charge in [0, 0.05) is 5.69 Å². The third-order valence-corrected chi connectivity index (χ3v) is 4.72. The molecule has 9 heteroatoms. The summed E-state index contributed by atoms with van der Waals surface area (Å²) in [5, 5.41) is 4.37. The summed E-state index contributed by atoms with van der Waals surface area (Å²) in [6.07, 6.45) is 0. The Morgan fingerprint density at radius 2 is 1.55 bits per heavy atom. The van der Waals surface area contributed by atoms with E-state index in [0.29, 0.717) is 5.69 Å². The summed E-state index contributed by atoms with van der Waals surface area (Å²) < 4.78 is 32.3. The van der Waals surface area contributed by atoms with Crippen molar-refractivity contribution in [1.82, 2.24) is 0 Å². The molecule has 1 heterocycles. The third-order valence-electron chi connectivity index (χ3n) is 3.94. The fraction of sp³-hybridized carbons (Fsp3) is 0.100. The van der Waals surface area contributed by atoms with Gasteiger partial charge in [0.25, 0.3) is 15.9 Å². The summed E-state index contributed by atoms with van der Waals surface area (Å²) in [6.45, 7) is -0.260. The molecule has 0 saturated carbocycles. The number of rotatable bonds is 7. The van der Waals surface area contributed by atoms with Gasteiger partial charge in [0.1, 0.15) is 0 Å². The van der Waals surface area contributed by atoms with Gasteiger partial charge in [0.05, 0.1) is 6.54 Å². The maximum Gasteiger partial charge on any atom is 0.374 e. The van der Waals surface area contributed by atoms with E-state index >= 15 is 0 Å². The van der Waals surface area contributed by atoms with E-state index < -0.39 is 33.6 Å². The average Bonchev–Trinajstić information content (AvgIpc) is 3.22. The summed E-state index contributed by atoms with van der Waals surface area (Å²) >= 11 is 0. The van der Waals surface area contributed by atoms with E-state index in [-0.39, 0.29) is 12.3 Å². The first-order valence-corrected chi connectivity index (χ1v) is 10.1. The molecule has 0 spiro atoms. The van der Waals surface area contributed by atoms with Gasteiger partial charge in [-0.05, 0) is 29.8 Å². The summed E-state index contributed by atoms with van der Waals surface area (Å²) in [5.41, 5.74) is 1.55. The quantitative estimate of drug-likeness (QED) is 0.593. The average molecular weight is 414 g/mol. The number of sulfonamides is 1. The van der Waals surface area contributed by atoms with Crippen LogP contribution in [0.15, 0.2) is 82.3 Å². The van der Waals surface area contributed by atoms with Crippen LogP contribution in [0.2, 0.25) is 0 Å². The number of amides is 1. The molecule has 1 amide bonds. The molecule has 1 aromatic heterocycles. The smallest absolute Gasteiger partial charge is 0.374 e. The Bertz CT molecular complexity index is 1090. The first kappa shape index (κ1) is 20.3. The van der Waals surface area contributed by atoms with Crippen LogP contribution >= 0.6 is 0 Å². The van der Waals surface area contributed by atoms with Crippen LogP contribution in [-0.4, -0.2) is 26.9 Å². The molecular weight excluding hydrogens is 396 g/mol. The van der Waals surface area contributed by atoms with Crippen molar-refractivity contribution < 1.29 is 27.2 Å². The highest BCUT2D eigenvalue weighted by molar-refractivity contribution is 7.89. The van der Waals surface area contributed by atoms with Gasteiger partial charge in [0.2, 0.25) is 10.9 Å². The fourth-order valence-electron chi connectivity index (χ4n) is 2.56. The van der Waals surface area contributed by atoms with Crippen LogP contribution in [0.5, 0.6) is 0 Å². The Balaban J connectivity index is 1.71.